The maximum absolute atomic E-state index is 8.66. The minimum Gasteiger partial charge on any atom is -0.492 e. The van der Waals surface area contributed by atoms with E-state index in [0.717, 1.165) is 18.9 Å². The van der Waals surface area contributed by atoms with Gasteiger partial charge in [-0.25, -0.2) is 0 Å². The number of benzene rings is 1. The summed E-state index contributed by atoms with van der Waals surface area (Å²) in [5.41, 5.74) is 0.564. The third-order valence-electron chi connectivity index (χ3n) is 2.54. The van der Waals surface area contributed by atoms with Gasteiger partial charge in [-0.05, 0) is 30.5 Å². The van der Waals surface area contributed by atoms with Gasteiger partial charge in [0.2, 0.25) is 0 Å². The molecule has 0 unspecified atom stereocenters. The molecule has 0 amide bonds. The zero-order chi connectivity index (χ0) is 10.7. The van der Waals surface area contributed by atoms with Crippen molar-refractivity contribution in [2.45, 2.75) is 19.3 Å². The molecule has 0 atom stereocenters. The van der Waals surface area contributed by atoms with Crippen molar-refractivity contribution in [3.8, 4) is 11.8 Å². The Morgan fingerprint density at radius 1 is 1.47 bits per heavy atom. The highest BCUT2D eigenvalue weighted by Gasteiger charge is 2.20. The van der Waals surface area contributed by atoms with Crippen LogP contribution in [-0.4, -0.2) is 6.61 Å². The van der Waals surface area contributed by atoms with Gasteiger partial charge < -0.3 is 4.74 Å². The molecule has 1 aliphatic rings. The Labute approximate surface area is 94.4 Å². The van der Waals surface area contributed by atoms with Gasteiger partial charge >= 0.3 is 0 Å². The maximum atomic E-state index is 8.66. The summed E-state index contributed by atoms with van der Waals surface area (Å²) < 4.78 is 5.55. The van der Waals surface area contributed by atoms with Crippen molar-refractivity contribution in [2.75, 3.05) is 6.61 Å². The van der Waals surface area contributed by atoms with Crippen molar-refractivity contribution in [1.82, 2.24) is 0 Å². The average molecular weight is 222 g/mol. The van der Waals surface area contributed by atoms with Crippen LogP contribution >= 0.6 is 11.6 Å². The van der Waals surface area contributed by atoms with E-state index in [1.165, 1.54) is 12.8 Å². The van der Waals surface area contributed by atoms with Gasteiger partial charge in [0.1, 0.15) is 5.75 Å². The lowest BCUT2D eigenvalue weighted by atomic mass is 10.2. The number of rotatable bonds is 4. The van der Waals surface area contributed by atoms with Crippen molar-refractivity contribution in [1.29, 1.82) is 5.26 Å². The largest absolute Gasteiger partial charge is 0.492 e. The monoisotopic (exact) mass is 221 g/mol. The van der Waals surface area contributed by atoms with Crippen LogP contribution in [-0.2, 0) is 0 Å². The number of nitrogens with zero attached hydrogens (tertiary/aromatic N) is 1. The number of hydrogen-bond donors (Lipinski definition) is 0. The first kappa shape index (κ1) is 10.3. The normalized spacial score (nSPS) is 14.7. The van der Waals surface area contributed by atoms with Gasteiger partial charge in [0.05, 0.1) is 23.3 Å². The summed E-state index contributed by atoms with van der Waals surface area (Å²) in [6.45, 7) is 0.719. The van der Waals surface area contributed by atoms with Gasteiger partial charge in [-0.3, -0.25) is 0 Å². The van der Waals surface area contributed by atoms with Gasteiger partial charge in [0.15, 0.2) is 0 Å². The quantitative estimate of drug-likeness (QED) is 0.781. The molecule has 2 nitrogen and oxygen atoms in total. The summed E-state index contributed by atoms with van der Waals surface area (Å²) in [7, 11) is 0. The molecule has 78 valence electrons. The number of ether oxygens (including phenoxy) is 1. The first-order valence-electron chi connectivity index (χ1n) is 5.12. The number of nitriles is 1. The molecule has 1 aromatic rings. The smallest absolute Gasteiger partial charge is 0.137 e. The molecule has 15 heavy (non-hydrogen) atoms. The molecule has 1 fully saturated rings. The van der Waals surface area contributed by atoms with E-state index in [9.17, 15) is 0 Å². The van der Waals surface area contributed by atoms with Gasteiger partial charge in [-0.15, -0.1) is 0 Å². The lowest BCUT2D eigenvalue weighted by Crippen LogP contribution is -1.98. The molecule has 2 rings (SSSR count). The Hall–Kier alpha value is -1.20. The van der Waals surface area contributed by atoms with E-state index < -0.39 is 0 Å². The second-order valence-corrected chi connectivity index (χ2v) is 4.24. The van der Waals surface area contributed by atoms with Crippen LogP contribution in [0.1, 0.15) is 24.8 Å². The molecule has 0 heterocycles. The molecule has 3 heteroatoms. The Balaban J connectivity index is 1.92. The summed E-state index contributed by atoms with van der Waals surface area (Å²) in [5, 5.41) is 9.18. The molecule has 0 aliphatic heterocycles. The fourth-order valence-electron chi connectivity index (χ4n) is 1.43. The molecule has 0 radical (unpaired) electrons. The fraction of sp³-hybridized carbons (Fsp3) is 0.417. The van der Waals surface area contributed by atoms with Crippen LogP contribution in [0.3, 0.4) is 0 Å². The zero-order valence-electron chi connectivity index (χ0n) is 8.37. The van der Waals surface area contributed by atoms with Crippen LogP contribution in [0.5, 0.6) is 5.75 Å². The lowest BCUT2D eigenvalue weighted by molar-refractivity contribution is 0.302. The Morgan fingerprint density at radius 3 is 2.87 bits per heavy atom. The maximum Gasteiger partial charge on any atom is 0.137 e. The van der Waals surface area contributed by atoms with Crippen LogP contribution in [0.15, 0.2) is 18.2 Å². The predicted molar refractivity (Wildman–Crippen MR) is 59.0 cm³/mol. The third kappa shape index (κ3) is 2.87. The van der Waals surface area contributed by atoms with Crippen molar-refractivity contribution in [3.05, 3.63) is 28.8 Å². The van der Waals surface area contributed by atoms with E-state index in [1.807, 2.05) is 6.07 Å². The van der Waals surface area contributed by atoms with E-state index >= 15 is 0 Å². The minimum absolute atomic E-state index is 0.518. The van der Waals surface area contributed by atoms with Crippen LogP contribution < -0.4 is 4.74 Å². The van der Waals surface area contributed by atoms with Crippen LogP contribution in [0, 0.1) is 17.2 Å². The second kappa shape index (κ2) is 4.55. The highest BCUT2D eigenvalue weighted by atomic mass is 35.5. The average Bonchev–Trinajstić information content (AvgIpc) is 3.04. The summed E-state index contributed by atoms with van der Waals surface area (Å²) in [6.07, 6.45) is 3.78. The van der Waals surface area contributed by atoms with E-state index in [1.54, 1.807) is 18.2 Å². The molecule has 0 bridgehead atoms. The van der Waals surface area contributed by atoms with Gasteiger partial charge in [-0.1, -0.05) is 24.4 Å². The van der Waals surface area contributed by atoms with Crippen molar-refractivity contribution in [2.24, 2.45) is 5.92 Å². The zero-order valence-corrected chi connectivity index (χ0v) is 9.13. The topological polar surface area (TPSA) is 33.0 Å². The molecule has 1 aromatic carbocycles. The first-order valence-corrected chi connectivity index (χ1v) is 5.50. The van der Waals surface area contributed by atoms with Crippen LogP contribution in [0.2, 0.25) is 5.02 Å². The number of hydrogen-bond acceptors (Lipinski definition) is 2. The van der Waals surface area contributed by atoms with E-state index in [2.05, 4.69) is 0 Å². The third-order valence-corrected chi connectivity index (χ3v) is 2.84. The minimum atomic E-state index is 0.518. The van der Waals surface area contributed by atoms with Gasteiger partial charge in [-0.2, -0.15) is 5.26 Å². The highest BCUT2D eigenvalue weighted by molar-refractivity contribution is 6.32. The molecule has 0 saturated heterocycles. The molecule has 1 aliphatic carbocycles. The Morgan fingerprint density at radius 2 is 2.27 bits per heavy atom. The first-order chi connectivity index (χ1) is 7.29. The van der Waals surface area contributed by atoms with E-state index in [-0.39, 0.29) is 0 Å². The summed E-state index contributed by atoms with van der Waals surface area (Å²) in [6, 6.07) is 7.15. The van der Waals surface area contributed by atoms with Crippen molar-refractivity contribution < 1.29 is 4.74 Å². The van der Waals surface area contributed by atoms with Crippen molar-refractivity contribution in [3.63, 3.8) is 0 Å². The lowest BCUT2D eigenvalue weighted by Gasteiger charge is -2.07. The Kier molecular flexibility index (Phi) is 3.13. The molecule has 1 saturated carbocycles. The Bertz CT molecular complexity index is 393. The predicted octanol–water partition coefficient (Wildman–Crippen LogP) is 3.39. The fourth-order valence-corrected chi connectivity index (χ4v) is 1.66. The van der Waals surface area contributed by atoms with Gasteiger partial charge in [0, 0.05) is 0 Å². The second-order valence-electron chi connectivity index (χ2n) is 3.84. The molecule has 0 aromatic heterocycles. The SMILES string of the molecule is N#Cc1ccc(OCCC2CC2)c(Cl)c1. The van der Waals surface area contributed by atoms with Crippen LogP contribution in [0.25, 0.3) is 0 Å². The van der Waals surface area contributed by atoms with E-state index in [0.29, 0.717) is 16.3 Å². The van der Waals surface area contributed by atoms with Crippen LogP contribution in [0.4, 0.5) is 0 Å². The molecular weight excluding hydrogens is 210 g/mol. The van der Waals surface area contributed by atoms with Crippen molar-refractivity contribution >= 4 is 11.6 Å². The summed E-state index contributed by atoms with van der Waals surface area (Å²) in [4.78, 5) is 0. The summed E-state index contributed by atoms with van der Waals surface area (Å²) >= 11 is 5.96. The molecule has 0 spiro atoms. The van der Waals surface area contributed by atoms with E-state index in [4.69, 9.17) is 21.6 Å². The molecular formula is C12H12ClNO. The molecule has 0 N–H and O–H groups in total. The summed E-state index contributed by atoms with van der Waals surface area (Å²) in [5.74, 6) is 1.54. The highest BCUT2D eigenvalue weighted by Crippen LogP contribution is 2.33. The number of halogens is 1. The standard InChI is InChI=1S/C12H12ClNO/c13-11-7-10(8-14)3-4-12(11)15-6-5-9-1-2-9/h3-4,7,9H,1-2,5-6H2. The van der Waals surface area contributed by atoms with Gasteiger partial charge in [0.25, 0.3) is 0 Å².